The largest absolute Gasteiger partial charge is 0.445 e. The van der Waals surface area contributed by atoms with Crippen LogP contribution in [0.3, 0.4) is 0 Å². The molecule has 3 aromatic carbocycles. The van der Waals surface area contributed by atoms with Crippen LogP contribution in [-0.2, 0) is 25.6 Å². The van der Waals surface area contributed by atoms with E-state index in [-0.39, 0.29) is 37.2 Å². The number of ether oxygens (including phenoxy) is 3. The summed E-state index contributed by atoms with van der Waals surface area (Å²) in [6.07, 6.45) is -0.0302. The molecule has 40 heavy (non-hydrogen) atoms. The summed E-state index contributed by atoms with van der Waals surface area (Å²) in [4.78, 5) is 24.3. The van der Waals surface area contributed by atoms with Gasteiger partial charge in [0.25, 0.3) is 0 Å². The summed E-state index contributed by atoms with van der Waals surface area (Å²) in [5, 5.41) is 14.9. The van der Waals surface area contributed by atoms with Gasteiger partial charge in [-0.1, -0.05) is 56.0 Å². The summed E-state index contributed by atoms with van der Waals surface area (Å²) < 4.78 is 18.0. The Hall–Kier alpha value is -3.63. The maximum Gasteiger partial charge on any atom is 0.411 e. The van der Waals surface area contributed by atoms with E-state index >= 15 is 0 Å². The zero-order valence-corrected chi connectivity index (χ0v) is 23.4. The quantitative estimate of drug-likeness (QED) is 0.192. The average Bonchev–Trinajstić information content (AvgIpc) is 2.96. The fourth-order valence-electron chi connectivity index (χ4n) is 4.34. The Bertz CT molecular complexity index is 1280. The van der Waals surface area contributed by atoms with Crippen molar-refractivity contribution in [3.63, 3.8) is 0 Å². The molecule has 4 atom stereocenters. The predicted molar refractivity (Wildman–Crippen MR) is 156 cm³/mol. The highest BCUT2D eigenvalue weighted by molar-refractivity contribution is 7.99. The maximum absolute atomic E-state index is 11.9. The number of carbonyl (C=O) groups excluding carboxylic acids is 2. The second-order valence-corrected chi connectivity index (χ2v) is 10.6. The first-order valence-electron chi connectivity index (χ1n) is 13.0. The van der Waals surface area contributed by atoms with E-state index in [1.807, 2.05) is 60.7 Å². The van der Waals surface area contributed by atoms with E-state index in [0.717, 1.165) is 27.3 Å². The van der Waals surface area contributed by atoms with Crippen LogP contribution in [0.1, 0.15) is 42.9 Å². The minimum Gasteiger partial charge on any atom is -0.445 e. The summed E-state index contributed by atoms with van der Waals surface area (Å²) in [6.45, 7) is 7.25. The number of thioether (sulfide) groups is 1. The number of carbonyl (C=O) groups is 2. The number of aliphatic hydroxyl groups is 1. The van der Waals surface area contributed by atoms with E-state index in [1.54, 1.807) is 23.9 Å². The molecule has 0 bridgehead atoms. The molecule has 0 saturated carbocycles. The van der Waals surface area contributed by atoms with Crippen molar-refractivity contribution in [2.75, 3.05) is 23.0 Å². The second-order valence-electron chi connectivity index (χ2n) is 9.47. The highest BCUT2D eigenvalue weighted by atomic mass is 32.2. The number of hydrogen-bond acceptors (Lipinski definition) is 7. The van der Waals surface area contributed by atoms with Crippen LogP contribution in [0.15, 0.2) is 90.3 Å². The van der Waals surface area contributed by atoms with Gasteiger partial charge in [0, 0.05) is 40.4 Å². The van der Waals surface area contributed by atoms with Crippen molar-refractivity contribution < 1.29 is 28.9 Å². The van der Waals surface area contributed by atoms with E-state index in [4.69, 9.17) is 14.2 Å². The normalized spacial score (nSPS) is 20.4. The topological polar surface area (TPSA) is 106 Å². The number of amides is 2. The van der Waals surface area contributed by atoms with Gasteiger partial charge in [-0.3, -0.25) is 10.1 Å². The minimum atomic E-state index is -0.617. The molecule has 8 nitrogen and oxygen atoms in total. The molecule has 3 aromatic rings. The number of rotatable bonds is 10. The lowest BCUT2D eigenvalue weighted by Crippen LogP contribution is -2.38. The van der Waals surface area contributed by atoms with Gasteiger partial charge < -0.3 is 24.6 Å². The minimum absolute atomic E-state index is 0.0192. The zero-order valence-electron chi connectivity index (χ0n) is 22.5. The highest BCUT2D eigenvalue weighted by Gasteiger charge is 2.38. The molecule has 1 fully saturated rings. The number of aliphatic hydroxyl groups excluding tert-OH is 1. The summed E-state index contributed by atoms with van der Waals surface area (Å²) in [5.41, 5.74) is 4.02. The van der Waals surface area contributed by atoms with Crippen molar-refractivity contribution in [1.29, 1.82) is 0 Å². The second kappa shape index (κ2) is 14.1. The third-order valence-corrected chi connectivity index (χ3v) is 7.57. The number of hydrogen-bond donors (Lipinski definition) is 3. The van der Waals surface area contributed by atoms with Crippen molar-refractivity contribution in [1.82, 2.24) is 0 Å². The molecule has 0 aromatic heterocycles. The Balaban J connectivity index is 1.50. The number of benzene rings is 3. The van der Waals surface area contributed by atoms with Crippen molar-refractivity contribution in [2.45, 2.75) is 43.8 Å². The van der Waals surface area contributed by atoms with Gasteiger partial charge in [-0.05, 0) is 47.5 Å². The van der Waals surface area contributed by atoms with Gasteiger partial charge in [0.1, 0.15) is 6.61 Å². The number of anilines is 2. The van der Waals surface area contributed by atoms with Gasteiger partial charge in [0.2, 0.25) is 5.91 Å². The lowest BCUT2D eigenvalue weighted by atomic mass is 9.91. The van der Waals surface area contributed by atoms with Crippen LogP contribution in [0.5, 0.6) is 0 Å². The molecule has 1 aliphatic heterocycles. The first-order chi connectivity index (χ1) is 19.4. The molecule has 1 aliphatic rings. The molecule has 0 radical (unpaired) electrons. The van der Waals surface area contributed by atoms with Gasteiger partial charge in [0.15, 0.2) is 6.29 Å². The smallest absolute Gasteiger partial charge is 0.411 e. The molecular formula is C31H34N2O6S. The van der Waals surface area contributed by atoms with E-state index < -0.39 is 12.4 Å². The van der Waals surface area contributed by atoms with Crippen LogP contribution in [0.2, 0.25) is 0 Å². The van der Waals surface area contributed by atoms with Gasteiger partial charge in [0.05, 0.1) is 18.8 Å². The van der Waals surface area contributed by atoms with Crippen LogP contribution >= 0.6 is 11.8 Å². The first-order valence-corrected chi connectivity index (χ1v) is 14.0. The lowest BCUT2D eigenvalue weighted by molar-refractivity contribution is -0.268. The maximum atomic E-state index is 11.9. The Morgan fingerprint density at radius 1 is 0.950 bits per heavy atom. The molecule has 3 N–H and O–H groups in total. The Labute approximate surface area is 238 Å². The molecular weight excluding hydrogens is 528 g/mol. The monoisotopic (exact) mass is 562 g/mol. The fourth-order valence-corrected chi connectivity index (χ4v) is 5.41. The van der Waals surface area contributed by atoms with Crippen molar-refractivity contribution >= 4 is 35.1 Å². The van der Waals surface area contributed by atoms with Crippen LogP contribution in [0, 0.1) is 5.92 Å². The highest BCUT2D eigenvalue weighted by Crippen LogP contribution is 2.43. The Morgan fingerprint density at radius 3 is 2.20 bits per heavy atom. The third kappa shape index (κ3) is 7.95. The molecule has 0 aliphatic carbocycles. The van der Waals surface area contributed by atoms with E-state index in [0.29, 0.717) is 11.4 Å². The van der Waals surface area contributed by atoms with Crippen LogP contribution in [0.4, 0.5) is 16.2 Å². The molecule has 0 unspecified atom stereocenters. The van der Waals surface area contributed by atoms with Crippen molar-refractivity contribution in [2.24, 2.45) is 5.92 Å². The summed E-state index contributed by atoms with van der Waals surface area (Å²) in [6, 6.07) is 22.8. The van der Waals surface area contributed by atoms with Crippen LogP contribution in [-0.4, -0.2) is 35.6 Å². The van der Waals surface area contributed by atoms with Gasteiger partial charge in [-0.25, -0.2) is 4.79 Å². The molecule has 2 amide bonds. The molecule has 9 heteroatoms. The Morgan fingerprint density at radius 2 is 1.57 bits per heavy atom. The first kappa shape index (κ1) is 29.4. The summed E-state index contributed by atoms with van der Waals surface area (Å²) in [7, 11) is 0. The fraction of sp³-hybridized carbons (Fsp3) is 0.290. The number of nitrogens with one attached hydrogen (secondary N) is 2. The standard InChI is InChI=1S/C31H34N2O6S/c1-4-17-37-31(36)33-26-11-9-24(10-12-26)30-38-28(19-40-27-15-13-25(14-16-27)32-21(3)35)20(2)29(39-30)23-7-5-22(18-34)6-8-23/h4-16,20,28-30,34H,1,17-19H2,2-3H3,(H,32,35)(H,33,36)/t20-,28+,29+,30+/m0/s1. The molecule has 210 valence electrons. The molecule has 1 heterocycles. The van der Waals surface area contributed by atoms with Crippen LogP contribution < -0.4 is 10.6 Å². The Kier molecular flexibility index (Phi) is 10.4. The molecule has 1 saturated heterocycles. The van der Waals surface area contributed by atoms with Gasteiger partial charge in [-0.2, -0.15) is 0 Å². The van der Waals surface area contributed by atoms with Crippen molar-refractivity contribution in [3.8, 4) is 0 Å². The lowest BCUT2D eigenvalue weighted by Gasteiger charge is -2.41. The summed E-state index contributed by atoms with van der Waals surface area (Å²) >= 11 is 1.68. The SMILES string of the molecule is C=CCOC(=O)Nc1ccc([C@@H]2O[C@H](CSc3ccc(NC(C)=O)cc3)[C@H](C)[C@H](c3ccc(CO)cc3)O2)cc1. The van der Waals surface area contributed by atoms with Gasteiger partial charge in [-0.15, -0.1) is 11.8 Å². The predicted octanol–water partition coefficient (Wildman–Crippen LogP) is 6.46. The zero-order chi connectivity index (χ0) is 28.5. The van der Waals surface area contributed by atoms with Crippen molar-refractivity contribution in [3.05, 3.63) is 102 Å². The molecule has 4 rings (SSSR count). The average molecular weight is 563 g/mol. The van der Waals surface area contributed by atoms with Gasteiger partial charge >= 0.3 is 6.09 Å². The van der Waals surface area contributed by atoms with E-state index in [1.165, 1.54) is 13.0 Å². The van der Waals surface area contributed by atoms with Crippen LogP contribution in [0.25, 0.3) is 0 Å². The van der Waals surface area contributed by atoms with E-state index in [2.05, 4.69) is 24.1 Å². The summed E-state index contributed by atoms with van der Waals surface area (Å²) in [5.74, 6) is 0.633. The third-order valence-electron chi connectivity index (χ3n) is 6.47. The molecule has 0 spiro atoms. The van der Waals surface area contributed by atoms with E-state index in [9.17, 15) is 14.7 Å².